The number of hydrogen-bond acceptors (Lipinski definition) is 2. The summed E-state index contributed by atoms with van der Waals surface area (Å²) >= 11 is 0. The van der Waals surface area contributed by atoms with E-state index in [1.54, 1.807) is 0 Å². The average molecular weight is 328 g/mol. The molecule has 1 aliphatic carbocycles. The number of hydrogen-bond donors (Lipinski definition) is 1. The molecule has 24 heavy (non-hydrogen) atoms. The zero-order valence-electron chi connectivity index (χ0n) is 14.4. The maximum absolute atomic E-state index is 12.4. The second-order valence-electron chi connectivity index (χ2n) is 7.61. The molecule has 2 aliphatic rings. The minimum atomic E-state index is -0.198. The van der Waals surface area contributed by atoms with Crippen LogP contribution in [-0.4, -0.2) is 22.8 Å². The van der Waals surface area contributed by atoms with Crippen molar-refractivity contribution < 1.29 is 9.59 Å². The van der Waals surface area contributed by atoms with Gasteiger partial charge >= 0.3 is 0 Å². The Labute approximate surface area is 144 Å². The van der Waals surface area contributed by atoms with E-state index in [1.807, 2.05) is 23.1 Å². The fourth-order valence-electron chi connectivity index (χ4n) is 4.63. The van der Waals surface area contributed by atoms with Crippen molar-refractivity contribution in [3.8, 4) is 0 Å². The molecule has 0 radical (unpaired) electrons. The van der Waals surface area contributed by atoms with Crippen molar-refractivity contribution in [3.63, 3.8) is 0 Å². The van der Waals surface area contributed by atoms with Crippen LogP contribution in [0.3, 0.4) is 0 Å². The number of likely N-dealkylation sites (tertiary alicyclic amines) is 1. The Balaban J connectivity index is 1.73. The van der Waals surface area contributed by atoms with Crippen LogP contribution >= 0.6 is 0 Å². The zero-order chi connectivity index (χ0) is 17.0. The summed E-state index contributed by atoms with van der Waals surface area (Å²) in [6, 6.07) is 10.4. The number of primary amides is 1. The van der Waals surface area contributed by atoms with Crippen LogP contribution < -0.4 is 5.73 Å². The van der Waals surface area contributed by atoms with Crippen LogP contribution in [0, 0.1) is 5.41 Å². The standard InChI is InChI=1S/C20H28N2O2/c21-18(23)14-20(11-5-2-6-12-20)13-17-9-10-19(24)22(17)15-16-7-3-1-4-8-16/h1,3-4,7-8,17H,2,5-6,9-15H2,(H2,21,23)/t17-/m0/s1. The number of benzene rings is 1. The van der Waals surface area contributed by atoms with Crippen LogP contribution in [0.4, 0.5) is 0 Å². The van der Waals surface area contributed by atoms with Gasteiger partial charge in [-0.25, -0.2) is 0 Å². The van der Waals surface area contributed by atoms with Crippen LogP contribution in [0.2, 0.25) is 0 Å². The largest absolute Gasteiger partial charge is 0.370 e. The first-order valence-electron chi connectivity index (χ1n) is 9.20. The molecular weight excluding hydrogens is 300 g/mol. The van der Waals surface area contributed by atoms with Crippen molar-refractivity contribution in [2.24, 2.45) is 11.1 Å². The molecule has 3 rings (SSSR count). The van der Waals surface area contributed by atoms with Crippen molar-refractivity contribution in [3.05, 3.63) is 35.9 Å². The second-order valence-corrected chi connectivity index (χ2v) is 7.61. The lowest BCUT2D eigenvalue weighted by molar-refractivity contribution is -0.130. The van der Waals surface area contributed by atoms with Crippen LogP contribution in [0.15, 0.2) is 30.3 Å². The SMILES string of the molecule is NC(=O)CC1(C[C@@H]2CCC(=O)N2Cc2ccccc2)CCCCC1. The first-order chi connectivity index (χ1) is 11.6. The molecule has 0 unspecified atom stereocenters. The third kappa shape index (κ3) is 3.97. The van der Waals surface area contributed by atoms with Gasteiger partial charge in [0.15, 0.2) is 0 Å². The lowest BCUT2D eigenvalue weighted by Gasteiger charge is -2.40. The van der Waals surface area contributed by atoms with Crippen LogP contribution in [0.5, 0.6) is 0 Å². The Bertz CT molecular complexity index is 579. The fourth-order valence-corrected chi connectivity index (χ4v) is 4.63. The summed E-state index contributed by atoms with van der Waals surface area (Å²) in [6.45, 7) is 0.678. The molecule has 1 atom stereocenters. The summed E-state index contributed by atoms with van der Waals surface area (Å²) in [7, 11) is 0. The third-order valence-electron chi connectivity index (χ3n) is 5.78. The monoisotopic (exact) mass is 328 g/mol. The predicted octanol–water partition coefficient (Wildman–Crippen LogP) is 3.39. The van der Waals surface area contributed by atoms with E-state index >= 15 is 0 Å². The molecule has 1 saturated heterocycles. The molecule has 1 heterocycles. The quantitative estimate of drug-likeness (QED) is 0.870. The Morgan fingerprint density at radius 3 is 2.54 bits per heavy atom. The highest BCUT2D eigenvalue weighted by Gasteiger charge is 2.40. The van der Waals surface area contributed by atoms with Gasteiger partial charge in [-0.05, 0) is 36.7 Å². The zero-order valence-corrected chi connectivity index (χ0v) is 14.4. The van der Waals surface area contributed by atoms with E-state index in [9.17, 15) is 9.59 Å². The van der Waals surface area contributed by atoms with E-state index in [-0.39, 0.29) is 23.3 Å². The summed E-state index contributed by atoms with van der Waals surface area (Å²) in [6.07, 6.45) is 8.67. The van der Waals surface area contributed by atoms with Gasteiger partial charge in [-0.1, -0.05) is 49.6 Å². The minimum absolute atomic E-state index is 0.00824. The van der Waals surface area contributed by atoms with Gasteiger partial charge in [0, 0.05) is 25.4 Å². The highest BCUT2D eigenvalue weighted by Crippen LogP contribution is 2.45. The van der Waals surface area contributed by atoms with E-state index < -0.39 is 0 Å². The molecule has 0 bridgehead atoms. The Hall–Kier alpha value is -1.84. The molecular formula is C20H28N2O2. The molecule has 1 aromatic rings. The molecule has 1 aromatic carbocycles. The van der Waals surface area contributed by atoms with Crippen molar-refractivity contribution in [2.45, 2.75) is 70.4 Å². The van der Waals surface area contributed by atoms with Crippen molar-refractivity contribution >= 4 is 11.8 Å². The molecule has 1 saturated carbocycles. The average Bonchev–Trinajstić information content (AvgIpc) is 2.89. The van der Waals surface area contributed by atoms with Gasteiger partial charge < -0.3 is 10.6 Å². The molecule has 1 aliphatic heterocycles. The van der Waals surface area contributed by atoms with Gasteiger partial charge in [0.1, 0.15) is 0 Å². The van der Waals surface area contributed by atoms with E-state index in [2.05, 4.69) is 12.1 Å². The van der Waals surface area contributed by atoms with Crippen molar-refractivity contribution in [1.29, 1.82) is 0 Å². The second kappa shape index (κ2) is 7.37. The van der Waals surface area contributed by atoms with Crippen LogP contribution in [0.1, 0.15) is 63.4 Å². The molecule has 0 spiro atoms. The van der Waals surface area contributed by atoms with Crippen LogP contribution in [0.25, 0.3) is 0 Å². The van der Waals surface area contributed by atoms with Gasteiger partial charge in [-0.15, -0.1) is 0 Å². The molecule has 2 fully saturated rings. The summed E-state index contributed by atoms with van der Waals surface area (Å²) in [4.78, 5) is 26.1. The number of carbonyl (C=O) groups is 2. The highest BCUT2D eigenvalue weighted by molar-refractivity contribution is 5.79. The number of rotatable bonds is 6. The lowest BCUT2D eigenvalue weighted by Crippen LogP contribution is -2.39. The summed E-state index contributed by atoms with van der Waals surface area (Å²) in [5.74, 6) is 0.0460. The summed E-state index contributed by atoms with van der Waals surface area (Å²) < 4.78 is 0. The predicted molar refractivity (Wildman–Crippen MR) is 94.0 cm³/mol. The first-order valence-corrected chi connectivity index (χ1v) is 9.20. The Morgan fingerprint density at radius 2 is 1.88 bits per heavy atom. The Morgan fingerprint density at radius 1 is 1.17 bits per heavy atom. The molecule has 4 nitrogen and oxygen atoms in total. The molecule has 2 amide bonds. The van der Waals surface area contributed by atoms with Gasteiger partial charge in [0.25, 0.3) is 0 Å². The molecule has 130 valence electrons. The molecule has 2 N–H and O–H groups in total. The smallest absolute Gasteiger partial charge is 0.223 e. The van der Waals surface area contributed by atoms with Gasteiger partial charge in [-0.3, -0.25) is 9.59 Å². The van der Waals surface area contributed by atoms with Crippen molar-refractivity contribution in [1.82, 2.24) is 4.90 Å². The van der Waals surface area contributed by atoms with E-state index in [4.69, 9.17) is 5.73 Å². The van der Waals surface area contributed by atoms with Gasteiger partial charge in [-0.2, -0.15) is 0 Å². The summed E-state index contributed by atoms with van der Waals surface area (Å²) in [5.41, 5.74) is 6.73. The maximum atomic E-state index is 12.4. The van der Waals surface area contributed by atoms with Crippen molar-refractivity contribution in [2.75, 3.05) is 0 Å². The third-order valence-corrected chi connectivity index (χ3v) is 5.78. The number of nitrogens with two attached hydrogens (primary N) is 1. The van der Waals surface area contributed by atoms with E-state index in [0.717, 1.165) is 25.7 Å². The lowest BCUT2D eigenvalue weighted by atomic mass is 9.68. The van der Waals surface area contributed by atoms with Gasteiger partial charge in [0.05, 0.1) is 0 Å². The van der Waals surface area contributed by atoms with E-state index in [0.29, 0.717) is 19.4 Å². The van der Waals surface area contributed by atoms with E-state index in [1.165, 1.54) is 24.8 Å². The maximum Gasteiger partial charge on any atom is 0.223 e. The number of carbonyl (C=O) groups excluding carboxylic acids is 2. The molecule has 0 aromatic heterocycles. The normalized spacial score (nSPS) is 23.4. The van der Waals surface area contributed by atoms with Crippen LogP contribution in [-0.2, 0) is 16.1 Å². The van der Waals surface area contributed by atoms with Gasteiger partial charge in [0.2, 0.25) is 11.8 Å². The first kappa shape index (κ1) is 17.0. The summed E-state index contributed by atoms with van der Waals surface area (Å²) in [5, 5.41) is 0. The number of amides is 2. The highest BCUT2D eigenvalue weighted by atomic mass is 16.2. The Kier molecular flexibility index (Phi) is 5.22. The minimum Gasteiger partial charge on any atom is -0.370 e. The topological polar surface area (TPSA) is 63.4 Å². The molecule has 4 heteroatoms. The fraction of sp³-hybridized carbons (Fsp3) is 0.600. The number of nitrogens with zero attached hydrogens (tertiary/aromatic N) is 1.